The fourth-order valence-electron chi connectivity index (χ4n) is 2.13. The smallest absolute Gasteiger partial charge is 0.171 e. The zero-order chi connectivity index (χ0) is 13.9. The molecular formula is C12H17ClN2O2S2. The van der Waals surface area contributed by atoms with E-state index in [1.54, 1.807) is 31.1 Å². The Kier molecular flexibility index (Phi) is 4.97. The fraction of sp³-hybridized carbons (Fsp3) is 0.583. The van der Waals surface area contributed by atoms with Crippen molar-refractivity contribution in [1.29, 1.82) is 0 Å². The van der Waals surface area contributed by atoms with E-state index >= 15 is 0 Å². The standard InChI is InChI=1S/C12H17ClN2O2S2/c1-2-19(16,17)12-9-18-6-5-15(12)11-8-14-4-3-10(11)7-13/h3-4,8,12H,2,5-7,9H2,1H3. The number of hydrogen-bond donors (Lipinski definition) is 0. The molecule has 0 radical (unpaired) electrons. The number of thioether (sulfide) groups is 1. The molecule has 0 aliphatic carbocycles. The molecule has 106 valence electrons. The zero-order valence-electron chi connectivity index (χ0n) is 10.8. The van der Waals surface area contributed by atoms with Gasteiger partial charge in [-0.3, -0.25) is 4.98 Å². The summed E-state index contributed by atoms with van der Waals surface area (Å²) in [5.74, 6) is 2.05. The number of pyridine rings is 1. The quantitative estimate of drug-likeness (QED) is 0.796. The molecule has 0 bridgehead atoms. The largest absolute Gasteiger partial charge is 0.352 e. The molecule has 7 heteroatoms. The number of sulfone groups is 1. The molecule has 2 heterocycles. The molecule has 19 heavy (non-hydrogen) atoms. The van der Waals surface area contributed by atoms with Crippen LogP contribution in [0.4, 0.5) is 5.69 Å². The van der Waals surface area contributed by atoms with Crippen molar-refractivity contribution in [2.24, 2.45) is 0 Å². The minimum atomic E-state index is -3.11. The lowest BCUT2D eigenvalue weighted by atomic mass is 10.2. The molecule has 1 aliphatic heterocycles. The Morgan fingerprint density at radius 2 is 2.37 bits per heavy atom. The van der Waals surface area contributed by atoms with Crippen LogP contribution in [-0.4, -0.2) is 42.6 Å². The lowest BCUT2D eigenvalue weighted by Crippen LogP contribution is -2.48. The highest BCUT2D eigenvalue weighted by Gasteiger charge is 2.33. The van der Waals surface area contributed by atoms with Crippen LogP contribution < -0.4 is 4.90 Å². The average molecular weight is 321 g/mol. The normalized spacial score (nSPS) is 20.5. The van der Waals surface area contributed by atoms with Gasteiger partial charge < -0.3 is 4.90 Å². The van der Waals surface area contributed by atoms with E-state index in [1.807, 2.05) is 11.0 Å². The van der Waals surface area contributed by atoms with E-state index in [-0.39, 0.29) is 5.75 Å². The molecule has 1 aromatic heterocycles. The third-order valence-electron chi connectivity index (χ3n) is 3.24. The van der Waals surface area contributed by atoms with E-state index in [2.05, 4.69) is 4.98 Å². The van der Waals surface area contributed by atoms with Gasteiger partial charge in [0.05, 0.1) is 11.9 Å². The Morgan fingerprint density at radius 1 is 1.58 bits per heavy atom. The zero-order valence-corrected chi connectivity index (χ0v) is 13.1. The number of hydrogen-bond acceptors (Lipinski definition) is 5. The summed E-state index contributed by atoms with van der Waals surface area (Å²) < 4.78 is 24.5. The van der Waals surface area contributed by atoms with Crippen LogP contribution in [0.25, 0.3) is 0 Å². The molecule has 0 N–H and O–H groups in total. The molecule has 1 fully saturated rings. The lowest BCUT2D eigenvalue weighted by Gasteiger charge is -2.37. The molecular weight excluding hydrogens is 304 g/mol. The summed E-state index contributed by atoms with van der Waals surface area (Å²) in [5.41, 5.74) is 1.78. The topological polar surface area (TPSA) is 50.3 Å². The van der Waals surface area contributed by atoms with E-state index in [1.165, 1.54) is 0 Å². The lowest BCUT2D eigenvalue weighted by molar-refractivity contribution is 0.579. The molecule has 1 atom stereocenters. The van der Waals surface area contributed by atoms with Gasteiger partial charge in [-0.25, -0.2) is 8.42 Å². The summed E-state index contributed by atoms with van der Waals surface area (Å²) in [6, 6.07) is 1.85. The van der Waals surface area contributed by atoms with Crippen LogP contribution in [0.3, 0.4) is 0 Å². The van der Waals surface area contributed by atoms with Gasteiger partial charge in [0.25, 0.3) is 0 Å². The highest BCUT2D eigenvalue weighted by Crippen LogP contribution is 2.30. The van der Waals surface area contributed by atoms with Crippen molar-refractivity contribution >= 4 is 38.9 Å². The summed E-state index contributed by atoms with van der Waals surface area (Å²) in [6.45, 7) is 2.41. The van der Waals surface area contributed by atoms with E-state index in [0.29, 0.717) is 18.2 Å². The predicted molar refractivity (Wildman–Crippen MR) is 81.7 cm³/mol. The maximum atomic E-state index is 12.2. The number of halogens is 1. The Labute approximate surface area is 123 Å². The van der Waals surface area contributed by atoms with E-state index in [9.17, 15) is 8.42 Å². The van der Waals surface area contributed by atoms with Crippen LogP contribution in [0, 0.1) is 0 Å². The Morgan fingerprint density at radius 3 is 3.05 bits per heavy atom. The first-order chi connectivity index (χ1) is 9.10. The minimum Gasteiger partial charge on any atom is -0.352 e. The number of anilines is 1. The number of nitrogens with zero attached hydrogens (tertiary/aromatic N) is 2. The summed E-state index contributed by atoms with van der Waals surface area (Å²) in [7, 11) is -3.11. The molecule has 2 rings (SSSR count). The molecule has 0 saturated carbocycles. The van der Waals surface area contributed by atoms with Gasteiger partial charge in [0.15, 0.2) is 9.84 Å². The number of aromatic nitrogens is 1. The average Bonchev–Trinajstić information content (AvgIpc) is 2.47. The van der Waals surface area contributed by atoms with Gasteiger partial charge >= 0.3 is 0 Å². The van der Waals surface area contributed by atoms with Crippen molar-refractivity contribution in [3.8, 4) is 0 Å². The van der Waals surface area contributed by atoms with Crippen molar-refractivity contribution in [3.05, 3.63) is 24.0 Å². The minimum absolute atomic E-state index is 0.158. The Hall–Kier alpha value is -0.460. The molecule has 0 aromatic carbocycles. The van der Waals surface area contributed by atoms with Crippen LogP contribution in [0.5, 0.6) is 0 Å². The molecule has 4 nitrogen and oxygen atoms in total. The van der Waals surface area contributed by atoms with Gasteiger partial charge in [0.2, 0.25) is 0 Å². The van der Waals surface area contributed by atoms with E-state index < -0.39 is 15.2 Å². The predicted octanol–water partition coefficient (Wildman–Crippen LogP) is 2.13. The van der Waals surface area contributed by atoms with Crippen molar-refractivity contribution in [2.45, 2.75) is 18.2 Å². The molecule has 0 amide bonds. The van der Waals surface area contributed by atoms with Crippen LogP contribution in [0.15, 0.2) is 18.5 Å². The highest BCUT2D eigenvalue weighted by atomic mass is 35.5. The fourth-order valence-corrected chi connectivity index (χ4v) is 5.34. The maximum absolute atomic E-state index is 12.2. The summed E-state index contributed by atoms with van der Waals surface area (Å²) in [6.07, 6.45) is 3.40. The first-order valence-electron chi connectivity index (χ1n) is 6.15. The van der Waals surface area contributed by atoms with Crippen LogP contribution in [0.2, 0.25) is 0 Å². The highest BCUT2D eigenvalue weighted by molar-refractivity contribution is 8.01. The van der Waals surface area contributed by atoms with Crippen LogP contribution in [-0.2, 0) is 15.7 Å². The first kappa shape index (κ1) is 14.9. The summed E-state index contributed by atoms with van der Waals surface area (Å²) in [5, 5.41) is -0.470. The molecule has 1 aromatic rings. The van der Waals surface area contributed by atoms with Gasteiger partial charge in [-0.1, -0.05) is 6.92 Å². The third kappa shape index (κ3) is 3.17. The van der Waals surface area contributed by atoms with Crippen molar-refractivity contribution in [3.63, 3.8) is 0 Å². The van der Waals surface area contributed by atoms with Crippen molar-refractivity contribution in [1.82, 2.24) is 4.98 Å². The second-order valence-corrected chi connectivity index (χ2v) is 8.18. The van der Waals surface area contributed by atoms with Gasteiger partial charge in [0, 0.05) is 35.9 Å². The van der Waals surface area contributed by atoms with Gasteiger partial charge in [-0.2, -0.15) is 11.8 Å². The van der Waals surface area contributed by atoms with Gasteiger partial charge in [-0.15, -0.1) is 11.6 Å². The van der Waals surface area contributed by atoms with E-state index in [0.717, 1.165) is 17.0 Å². The second-order valence-electron chi connectivity index (χ2n) is 4.31. The third-order valence-corrected chi connectivity index (χ3v) is 6.82. The Balaban J connectivity index is 2.40. The first-order valence-corrected chi connectivity index (χ1v) is 9.55. The molecule has 0 spiro atoms. The number of rotatable bonds is 4. The molecule has 1 saturated heterocycles. The van der Waals surface area contributed by atoms with Gasteiger partial charge in [0.1, 0.15) is 5.37 Å². The summed E-state index contributed by atoms with van der Waals surface area (Å²) in [4.78, 5) is 6.05. The molecule has 1 aliphatic rings. The molecule has 1 unspecified atom stereocenters. The Bertz CT molecular complexity index is 536. The maximum Gasteiger partial charge on any atom is 0.171 e. The van der Waals surface area contributed by atoms with E-state index in [4.69, 9.17) is 11.6 Å². The second kappa shape index (κ2) is 6.33. The SMILES string of the molecule is CCS(=O)(=O)C1CSCCN1c1cnccc1CCl. The summed E-state index contributed by atoms with van der Waals surface area (Å²) >= 11 is 7.62. The van der Waals surface area contributed by atoms with Gasteiger partial charge in [-0.05, 0) is 11.6 Å². The van der Waals surface area contributed by atoms with Crippen molar-refractivity contribution in [2.75, 3.05) is 28.7 Å². The van der Waals surface area contributed by atoms with Crippen LogP contribution in [0.1, 0.15) is 12.5 Å². The van der Waals surface area contributed by atoms with Crippen molar-refractivity contribution < 1.29 is 8.42 Å². The van der Waals surface area contributed by atoms with Crippen LogP contribution >= 0.6 is 23.4 Å². The number of alkyl halides is 1. The monoisotopic (exact) mass is 320 g/mol.